The van der Waals surface area contributed by atoms with E-state index in [2.05, 4.69) is 10.2 Å². The number of hydrogen-bond acceptors (Lipinski definition) is 4. The van der Waals surface area contributed by atoms with Crippen LogP contribution in [0, 0.1) is 13.8 Å². The zero-order valence-corrected chi connectivity index (χ0v) is 14.3. The van der Waals surface area contributed by atoms with Crippen molar-refractivity contribution in [2.75, 3.05) is 16.8 Å². The largest absolute Gasteiger partial charge is 0.423 e. The van der Waals surface area contributed by atoms with E-state index < -0.39 is 5.97 Å². The van der Waals surface area contributed by atoms with Gasteiger partial charge < -0.3 is 15.0 Å². The first-order valence-electron chi connectivity index (χ1n) is 8.54. The van der Waals surface area contributed by atoms with E-state index in [4.69, 9.17) is 4.74 Å². The van der Waals surface area contributed by atoms with Crippen LogP contribution < -0.4 is 15.0 Å². The number of carbonyl (C=O) groups is 2. The van der Waals surface area contributed by atoms with Gasteiger partial charge in [-0.05, 0) is 68.1 Å². The van der Waals surface area contributed by atoms with Crippen LogP contribution in [0.3, 0.4) is 0 Å². The van der Waals surface area contributed by atoms with Gasteiger partial charge in [0.2, 0.25) is 5.91 Å². The van der Waals surface area contributed by atoms with Gasteiger partial charge in [-0.3, -0.25) is 4.79 Å². The highest BCUT2D eigenvalue weighted by Crippen LogP contribution is 2.37. The van der Waals surface area contributed by atoms with E-state index in [1.165, 1.54) is 0 Å². The molecule has 0 aliphatic carbocycles. The van der Waals surface area contributed by atoms with Crippen molar-refractivity contribution in [2.24, 2.45) is 0 Å². The minimum atomic E-state index is -0.427. The fraction of sp³-hybridized carbons (Fsp3) is 0.300. The molecule has 5 nitrogen and oxygen atoms in total. The van der Waals surface area contributed by atoms with E-state index in [0.29, 0.717) is 17.0 Å². The number of anilines is 2. The van der Waals surface area contributed by atoms with Crippen molar-refractivity contribution in [3.63, 3.8) is 0 Å². The third kappa shape index (κ3) is 2.76. The number of nitrogens with one attached hydrogen (secondary N) is 1. The first kappa shape index (κ1) is 15.7. The van der Waals surface area contributed by atoms with E-state index in [1.807, 2.05) is 32.0 Å². The second-order valence-corrected chi connectivity index (χ2v) is 6.71. The molecule has 2 aliphatic rings. The Hall–Kier alpha value is -2.82. The van der Waals surface area contributed by atoms with Crippen molar-refractivity contribution in [3.8, 4) is 5.75 Å². The Morgan fingerprint density at radius 2 is 2.00 bits per heavy atom. The van der Waals surface area contributed by atoms with Gasteiger partial charge in [0, 0.05) is 6.54 Å². The highest BCUT2D eigenvalue weighted by Gasteiger charge is 2.36. The number of aryl methyl sites for hydroxylation is 2. The summed E-state index contributed by atoms with van der Waals surface area (Å²) in [6.45, 7) is 4.86. The van der Waals surface area contributed by atoms with E-state index in [-0.39, 0.29) is 11.9 Å². The fourth-order valence-corrected chi connectivity index (χ4v) is 3.50. The summed E-state index contributed by atoms with van der Waals surface area (Å²) in [7, 11) is 0. The quantitative estimate of drug-likeness (QED) is 0.674. The number of amides is 1. The maximum atomic E-state index is 12.5. The predicted octanol–water partition coefficient (Wildman–Crippen LogP) is 3.44. The molecule has 128 valence electrons. The van der Waals surface area contributed by atoms with Crippen LogP contribution >= 0.6 is 0 Å². The number of nitrogens with zero attached hydrogens (tertiary/aromatic N) is 1. The van der Waals surface area contributed by atoms with Gasteiger partial charge in [-0.25, -0.2) is 4.79 Å². The van der Waals surface area contributed by atoms with Gasteiger partial charge in [0.25, 0.3) is 0 Å². The molecule has 2 aliphatic heterocycles. The lowest BCUT2D eigenvalue weighted by atomic mass is 10.1. The number of benzene rings is 2. The number of esters is 1. The molecule has 1 fully saturated rings. The summed E-state index contributed by atoms with van der Waals surface area (Å²) in [5.41, 5.74) is 4.30. The van der Waals surface area contributed by atoms with Crippen LogP contribution in [0.1, 0.15) is 34.3 Å². The van der Waals surface area contributed by atoms with E-state index in [9.17, 15) is 9.59 Å². The number of fused-ring (bicyclic) bond motifs is 3. The Bertz CT molecular complexity index is 875. The normalized spacial score (nSPS) is 18.4. The van der Waals surface area contributed by atoms with Crippen LogP contribution in [-0.2, 0) is 4.79 Å². The molecule has 1 N–H and O–H groups in total. The maximum Gasteiger partial charge on any atom is 0.343 e. The molecule has 0 unspecified atom stereocenters. The van der Waals surface area contributed by atoms with Crippen LogP contribution in [0.15, 0.2) is 36.4 Å². The van der Waals surface area contributed by atoms with Gasteiger partial charge in [0.1, 0.15) is 11.8 Å². The highest BCUT2D eigenvalue weighted by atomic mass is 16.5. The average molecular weight is 336 g/mol. The van der Waals surface area contributed by atoms with Crippen LogP contribution in [-0.4, -0.2) is 24.5 Å². The second-order valence-electron chi connectivity index (χ2n) is 6.71. The Morgan fingerprint density at radius 1 is 1.16 bits per heavy atom. The topological polar surface area (TPSA) is 58.6 Å². The minimum Gasteiger partial charge on any atom is -0.423 e. The van der Waals surface area contributed by atoms with Crippen LogP contribution in [0.4, 0.5) is 11.4 Å². The van der Waals surface area contributed by atoms with E-state index in [0.717, 1.165) is 36.2 Å². The summed E-state index contributed by atoms with van der Waals surface area (Å²) in [6.07, 6.45) is 1.88. The van der Waals surface area contributed by atoms with E-state index in [1.54, 1.807) is 18.2 Å². The van der Waals surface area contributed by atoms with Crippen molar-refractivity contribution < 1.29 is 14.3 Å². The molecule has 2 aromatic carbocycles. The first-order chi connectivity index (χ1) is 12.0. The minimum absolute atomic E-state index is 0.00433. The summed E-state index contributed by atoms with van der Waals surface area (Å²) >= 11 is 0. The van der Waals surface area contributed by atoms with Crippen molar-refractivity contribution in [2.45, 2.75) is 32.7 Å². The molecular weight excluding hydrogens is 316 g/mol. The van der Waals surface area contributed by atoms with Gasteiger partial charge in [-0.15, -0.1) is 0 Å². The zero-order valence-electron chi connectivity index (χ0n) is 14.3. The monoisotopic (exact) mass is 336 g/mol. The standard InChI is InChI=1S/C20H20N2O3/c1-12-5-7-15(10-13(12)2)25-20(24)14-6-8-17-16(11-14)21-19(23)18-4-3-9-22(17)18/h5-8,10-11,18H,3-4,9H2,1-2H3,(H,21,23)/t18-/m0/s1. The van der Waals surface area contributed by atoms with E-state index >= 15 is 0 Å². The smallest absolute Gasteiger partial charge is 0.343 e. The van der Waals surface area contributed by atoms with Crippen molar-refractivity contribution in [1.82, 2.24) is 0 Å². The molecule has 0 aromatic heterocycles. The number of rotatable bonds is 2. The molecule has 0 radical (unpaired) electrons. The summed E-state index contributed by atoms with van der Waals surface area (Å²) in [6, 6.07) is 10.8. The SMILES string of the molecule is Cc1ccc(OC(=O)c2ccc3c(c2)NC(=O)[C@@H]2CCCN32)cc1C. The van der Waals surface area contributed by atoms with Crippen LogP contribution in [0.2, 0.25) is 0 Å². The third-order valence-electron chi connectivity index (χ3n) is 5.04. The van der Waals surface area contributed by atoms with Gasteiger partial charge in [0.15, 0.2) is 0 Å². The molecule has 0 bridgehead atoms. The second kappa shape index (κ2) is 5.92. The lowest BCUT2D eigenvalue weighted by molar-refractivity contribution is -0.117. The van der Waals surface area contributed by atoms with Gasteiger partial charge in [-0.1, -0.05) is 6.07 Å². The summed E-state index contributed by atoms with van der Waals surface area (Å²) in [5, 5.41) is 2.92. The molecule has 1 saturated heterocycles. The molecular formula is C20H20N2O3. The highest BCUT2D eigenvalue weighted by molar-refractivity contribution is 6.05. The molecule has 5 heteroatoms. The van der Waals surface area contributed by atoms with Crippen molar-refractivity contribution in [3.05, 3.63) is 53.1 Å². The zero-order chi connectivity index (χ0) is 17.6. The Labute approximate surface area is 146 Å². The van der Waals surface area contributed by atoms with Gasteiger partial charge in [-0.2, -0.15) is 0 Å². The molecule has 2 aromatic rings. The fourth-order valence-electron chi connectivity index (χ4n) is 3.50. The van der Waals surface area contributed by atoms with Crippen LogP contribution in [0.5, 0.6) is 5.75 Å². The molecule has 0 spiro atoms. The summed E-state index contributed by atoms with van der Waals surface area (Å²) in [5.74, 6) is 0.1000. The Kier molecular flexibility index (Phi) is 3.71. The molecule has 0 saturated carbocycles. The molecule has 4 rings (SSSR count). The lowest BCUT2D eigenvalue weighted by Gasteiger charge is -2.33. The molecule has 2 heterocycles. The number of carbonyl (C=O) groups excluding carboxylic acids is 2. The molecule has 25 heavy (non-hydrogen) atoms. The average Bonchev–Trinajstić information content (AvgIpc) is 3.08. The van der Waals surface area contributed by atoms with Crippen molar-refractivity contribution in [1.29, 1.82) is 0 Å². The number of ether oxygens (including phenoxy) is 1. The molecule has 1 amide bonds. The summed E-state index contributed by atoms with van der Waals surface area (Å²) < 4.78 is 5.48. The van der Waals surface area contributed by atoms with Crippen LogP contribution in [0.25, 0.3) is 0 Å². The maximum absolute atomic E-state index is 12.5. The number of hydrogen-bond donors (Lipinski definition) is 1. The third-order valence-corrected chi connectivity index (χ3v) is 5.04. The predicted molar refractivity (Wildman–Crippen MR) is 96.3 cm³/mol. The van der Waals surface area contributed by atoms with Gasteiger partial charge in [0.05, 0.1) is 16.9 Å². The van der Waals surface area contributed by atoms with Gasteiger partial charge >= 0.3 is 5.97 Å². The van der Waals surface area contributed by atoms with Crippen molar-refractivity contribution >= 4 is 23.3 Å². The Balaban J connectivity index is 1.59. The first-order valence-corrected chi connectivity index (χ1v) is 8.54. The summed E-state index contributed by atoms with van der Waals surface area (Å²) in [4.78, 5) is 26.8. The Morgan fingerprint density at radius 3 is 2.80 bits per heavy atom. The lowest BCUT2D eigenvalue weighted by Crippen LogP contribution is -2.43. The molecule has 1 atom stereocenters.